The molecule has 0 unspecified atom stereocenters. The van der Waals surface area contributed by atoms with E-state index in [-0.39, 0.29) is 11.2 Å². The number of nitrogens with zero attached hydrogens (tertiary/aromatic N) is 4. The fourth-order valence-electron chi connectivity index (χ4n) is 1.09. The van der Waals surface area contributed by atoms with Gasteiger partial charge in [0.1, 0.15) is 11.8 Å². The van der Waals surface area contributed by atoms with Crippen molar-refractivity contribution in [2.24, 2.45) is 0 Å². The first-order valence-electron chi connectivity index (χ1n) is 4.52. The Hall–Kier alpha value is -2.44. The molecule has 5 nitrogen and oxygen atoms in total. The highest BCUT2D eigenvalue weighted by atomic mass is 19.5. The van der Waals surface area contributed by atoms with Gasteiger partial charge >= 0.3 is 18.5 Å². The van der Waals surface area contributed by atoms with Gasteiger partial charge in [-0.3, -0.25) is 9.20 Å². The third kappa shape index (κ3) is 3.86. The maximum atomic E-state index is 11.4. The summed E-state index contributed by atoms with van der Waals surface area (Å²) in [5.74, 6) is 0. The van der Waals surface area contributed by atoms with E-state index in [4.69, 9.17) is 5.39 Å². The van der Waals surface area contributed by atoms with Crippen LogP contribution >= 0.6 is 0 Å². The van der Waals surface area contributed by atoms with Crippen molar-refractivity contribution in [1.82, 2.24) is 9.38 Å². The van der Waals surface area contributed by atoms with Crippen LogP contribution in [0.25, 0.3) is 10.6 Å². The summed E-state index contributed by atoms with van der Waals surface area (Å²) < 4.78 is 40.3. The van der Waals surface area contributed by atoms with Crippen molar-refractivity contribution < 1.29 is 17.3 Å². The van der Waals surface area contributed by atoms with E-state index in [1.807, 2.05) is 0 Å². The fraction of sp³-hybridized carbons (Fsp3) is 0. The van der Waals surface area contributed by atoms with E-state index in [1.54, 1.807) is 24.4 Å². The molecule has 0 radical (unpaired) electrons. The number of fused-ring (bicyclic) bond motifs is 1. The second-order valence-electron chi connectivity index (χ2n) is 2.97. The van der Waals surface area contributed by atoms with E-state index in [0.717, 1.165) is 0 Å². The zero-order valence-electron chi connectivity index (χ0n) is 8.67. The van der Waals surface area contributed by atoms with Gasteiger partial charge in [-0.25, -0.2) is 4.98 Å². The number of rotatable bonds is 0. The third-order valence-electron chi connectivity index (χ3n) is 1.70. The summed E-state index contributed by atoms with van der Waals surface area (Å²) in [5.41, 5.74) is 0.0803. The van der Waals surface area contributed by atoms with Crippen molar-refractivity contribution in [1.29, 1.82) is 5.39 Å². The van der Waals surface area contributed by atoms with Crippen molar-refractivity contribution in [3.8, 4) is 0 Å². The summed E-state index contributed by atoms with van der Waals surface area (Å²) in [6.45, 7) is 0. The molecule has 18 heavy (non-hydrogen) atoms. The SMILES string of the molecule is F[B-](F)(F)F.N#[N+]c1cnc2ccccn2c1=O. The molecule has 0 atom stereocenters. The van der Waals surface area contributed by atoms with E-state index in [9.17, 15) is 22.1 Å². The van der Waals surface area contributed by atoms with Gasteiger partial charge in [0.2, 0.25) is 5.39 Å². The molecule has 0 aliphatic rings. The van der Waals surface area contributed by atoms with E-state index in [0.29, 0.717) is 5.65 Å². The molecule has 0 spiro atoms. The Morgan fingerprint density at radius 1 is 1.28 bits per heavy atom. The molecule has 0 saturated heterocycles. The summed E-state index contributed by atoms with van der Waals surface area (Å²) >= 11 is 0. The van der Waals surface area contributed by atoms with Crippen molar-refractivity contribution in [3.63, 3.8) is 0 Å². The first-order chi connectivity index (χ1) is 8.33. The monoisotopic (exact) mass is 260 g/mol. The van der Waals surface area contributed by atoms with Gasteiger partial charge in [-0.15, -0.1) is 0 Å². The van der Waals surface area contributed by atoms with E-state index in [2.05, 4.69) is 9.96 Å². The summed E-state index contributed by atoms with van der Waals surface area (Å²) in [7, 11) is -6.00. The number of halogens is 4. The minimum Gasteiger partial charge on any atom is -0.418 e. The molecule has 0 bridgehead atoms. The fourth-order valence-corrected chi connectivity index (χ4v) is 1.09. The Balaban J connectivity index is 0.000000280. The van der Waals surface area contributed by atoms with Gasteiger partial charge < -0.3 is 17.3 Å². The molecule has 2 rings (SSSR count). The lowest BCUT2D eigenvalue weighted by atomic mass is 10.3. The predicted molar refractivity (Wildman–Crippen MR) is 56.4 cm³/mol. The Labute approximate surface area is 97.4 Å². The second-order valence-corrected chi connectivity index (χ2v) is 2.97. The Morgan fingerprint density at radius 3 is 2.44 bits per heavy atom. The van der Waals surface area contributed by atoms with Crippen LogP contribution in [0.4, 0.5) is 23.0 Å². The summed E-state index contributed by atoms with van der Waals surface area (Å²) in [6, 6.07) is 5.18. The first-order valence-corrected chi connectivity index (χ1v) is 4.52. The normalized spacial score (nSPS) is 10.4. The van der Waals surface area contributed by atoms with Crippen LogP contribution in [0.15, 0.2) is 35.4 Å². The number of diazo groups is 1. The summed E-state index contributed by atoms with van der Waals surface area (Å²) in [4.78, 5) is 18.2. The van der Waals surface area contributed by atoms with Crippen LogP contribution in [0.3, 0.4) is 0 Å². The van der Waals surface area contributed by atoms with Gasteiger partial charge in [0, 0.05) is 6.20 Å². The second kappa shape index (κ2) is 5.26. The minimum atomic E-state index is -6.00. The molecule has 2 heterocycles. The zero-order valence-corrected chi connectivity index (χ0v) is 8.67. The lowest BCUT2D eigenvalue weighted by Crippen LogP contribution is -2.12. The standard InChI is InChI=1S/C8H5N4O.BF4/c9-11-6-5-10-7-3-1-2-4-12(7)8(6)13;2-1(3,4)5/h1-5H;/q+1;-1. The molecule has 2 aromatic heterocycles. The quantitative estimate of drug-likeness (QED) is 0.415. The van der Waals surface area contributed by atoms with Crippen LogP contribution in [0.1, 0.15) is 0 Å². The molecular weight excluding hydrogens is 255 g/mol. The average Bonchev–Trinajstić information content (AvgIpc) is 2.28. The van der Waals surface area contributed by atoms with Gasteiger partial charge in [-0.2, -0.15) is 0 Å². The molecule has 0 aromatic carbocycles. The summed E-state index contributed by atoms with van der Waals surface area (Å²) in [6.07, 6.45) is 2.80. The van der Waals surface area contributed by atoms with Crippen LogP contribution in [0.2, 0.25) is 0 Å². The molecule has 0 fully saturated rings. The van der Waals surface area contributed by atoms with Crippen molar-refractivity contribution in [3.05, 3.63) is 45.9 Å². The Kier molecular flexibility index (Phi) is 3.99. The van der Waals surface area contributed by atoms with Crippen LogP contribution in [-0.2, 0) is 0 Å². The molecule has 94 valence electrons. The van der Waals surface area contributed by atoms with E-state index in [1.165, 1.54) is 10.6 Å². The molecule has 2 aromatic rings. The molecule has 0 saturated carbocycles. The molecular formula is C8H5BF4N4O. The molecule has 10 heteroatoms. The van der Waals surface area contributed by atoms with Crippen LogP contribution in [-0.4, -0.2) is 16.6 Å². The molecule has 0 N–H and O–H groups in total. The molecule has 0 aliphatic carbocycles. The average molecular weight is 260 g/mol. The van der Waals surface area contributed by atoms with Gasteiger partial charge in [0.25, 0.3) is 0 Å². The highest BCUT2D eigenvalue weighted by Crippen LogP contribution is 2.06. The zero-order chi connectivity index (χ0) is 13.8. The van der Waals surface area contributed by atoms with Gasteiger partial charge in [-0.05, 0) is 12.1 Å². The van der Waals surface area contributed by atoms with E-state index >= 15 is 0 Å². The third-order valence-corrected chi connectivity index (χ3v) is 1.70. The minimum absolute atomic E-state index is 0.0660. The maximum Gasteiger partial charge on any atom is 0.673 e. The van der Waals surface area contributed by atoms with Gasteiger partial charge in [0.05, 0.1) is 0 Å². The number of pyridine rings is 1. The molecule has 0 aliphatic heterocycles. The number of hydrogen-bond donors (Lipinski definition) is 0. The van der Waals surface area contributed by atoms with Gasteiger partial charge in [0.15, 0.2) is 4.98 Å². The topological polar surface area (TPSA) is 62.5 Å². The predicted octanol–water partition coefficient (Wildman–Crippen LogP) is 2.48. The Bertz CT molecular complexity index is 642. The highest BCUT2D eigenvalue weighted by molar-refractivity contribution is 6.50. The maximum absolute atomic E-state index is 11.4. The van der Waals surface area contributed by atoms with Crippen LogP contribution in [0, 0.1) is 5.39 Å². The number of hydrogen-bond acceptors (Lipinski definition) is 3. The Morgan fingerprint density at radius 2 is 1.89 bits per heavy atom. The van der Waals surface area contributed by atoms with Crippen LogP contribution in [0.5, 0.6) is 0 Å². The smallest absolute Gasteiger partial charge is 0.418 e. The summed E-state index contributed by atoms with van der Waals surface area (Å²) in [5, 5.41) is 8.45. The first kappa shape index (κ1) is 13.6. The lowest BCUT2D eigenvalue weighted by Gasteiger charge is -1.94. The van der Waals surface area contributed by atoms with Crippen molar-refractivity contribution in [2.75, 3.05) is 0 Å². The number of aromatic nitrogens is 2. The van der Waals surface area contributed by atoms with Gasteiger partial charge in [-0.1, -0.05) is 6.07 Å². The van der Waals surface area contributed by atoms with Crippen molar-refractivity contribution >= 4 is 18.6 Å². The largest absolute Gasteiger partial charge is 0.673 e. The molecule has 0 amide bonds. The van der Waals surface area contributed by atoms with E-state index < -0.39 is 7.25 Å². The highest BCUT2D eigenvalue weighted by Gasteiger charge is 2.20. The van der Waals surface area contributed by atoms with Crippen LogP contribution < -0.4 is 5.56 Å². The lowest BCUT2D eigenvalue weighted by molar-refractivity contribution is 0.368. The van der Waals surface area contributed by atoms with Crippen molar-refractivity contribution in [2.45, 2.75) is 0 Å².